The van der Waals surface area contributed by atoms with Gasteiger partial charge in [0.05, 0.1) is 17.2 Å². The van der Waals surface area contributed by atoms with E-state index in [0.29, 0.717) is 35.7 Å². The molecule has 0 fully saturated rings. The minimum Gasteiger partial charge on any atom is -0.457 e. The van der Waals surface area contributed by atoms with Crippen LogP contribution in [0.2, 0.25) is 0 Å². The first-order valence-electron chi connectivity index (χ1n) is 8.38. The Balaban J connectivity index is 1.57. The highest BCUT2D eigenvalue weighted by Crippen LogP contribution is 2.34. The number of amides is 1. The van der Waals surface area contributed by atoms with Crippen LogP contribution in [-0.4, -0.2) is 10.8 Å². The molecule has 3 aromatic carbocycles. The Kier molecular flexibility index (Phi) is 4.12. The molecule has 26 heavy (non-hydrogen) atoms. The Labute approximate surface area is 151 Å². The van der Waals surface area contributed by atoms with E-state index in [4.69, 9.17) is 10.00 Å². The third kappa shape index (κ3) is 3.03. The lowest BCUT2D eigenvalue weighted by atomic mass is 10.1. The molecule has 4 nitrogen and oxygen atoms in total. The van der Waals surface area contributed by atoms with Crippen LogP contribution in [0.1, 0.15) is 27.0 Å². The van der Waals surface area contributed by atoms with Crippen LogP contribution >= 0.6 is 0 Å². The fourth-order valence-corrected chi connectivity index (χ4v) is 3.12. The van der Waals surface area contributed by atoms with Gasteiger partial charge in [-0.1, -0.05) is 42.5 Å². The lowest BCUT2D eigenvalue weighted by Crippen LogP contribution is -2.23. The molecule has 0 bridgehead atoms. The highest BCUT2D eigenvalue weighted by atomic mass is 16.5. The van der Waals surface area contributed by atoms with Gasteiger partial charge in [0.1, 0.15) is 11.5 Å². The van der Waals surface area contributed by atoms with Crippen LogP contribution in [-0.2, 0) is 13.1 Å². The van der Waals surface area contributed by atoms with E-state index in [1.54, 1.807) is 17.0 Å². The minimum absolute atomic E-state index is 0.0316. The molecule has 0 radical (unpaired) electrons. The molecule has 1 aliphatic rings. The summed E-state index contributed by atoms with van der Waals surface area (Å²) in [6.45, 7) is 1.06. The van der Waals surface area contributed by atoms with Gasteiger partial charge in [0.2, 0.25) is 0 Å². The molecule has 126 valence electrons. The molecule has 4 rings (SSSR count). The van der Waals surface area contributed by atoms with Crippen molar-refractivity contribution in [2.24, 2.45) is 0 Å². The summed E-state index contributed by atoms with van der Waals surface area (Å²) in [5, 5.41) is 8.90. The first-order valence-corrected chi connectivity index (χ1v) is 8.38. The van der Waals surface area contributed by atoms with Crippen LogP contribution in [0.5, 0.6) is 11.5 Å². The smallest absolute Gasteiger partial charge is 0.258 e. The SMILES string of the molecule is N#Cc1ccc(CN2Cc3cccc(Oc4ccccc4)c3C2=O)cc1. The quantitative estimate of drug-likeness (QED) is 0.702. The van der Waals surface area contributed by atoms with Gasteiger partial charge in [-0.05, 0) is 41.5 Å². The Morgan fingerprint density at radius 2 is 1.73 bits per heavy atom. The van der Waals surface area contributed by atoms with Gasteiger partial charge in [0.15, 0.2) is 0 Å². The van der Waals surface area contributed by atoms with E-state index < -0.39 is 0 Å². The van der Waals surface area contributed by atoms with Gasteiger partial charge in [-0.25, -0.2) is 0 Å². The van der Waals surface area contributed by atoms with Crippen LogP contribution in [0, 0.1) is 11.3 Å². The zero-order valence-corrected chi connectivity index (χ0v) is 14.1. The molecular formula is C22H16N2O2. The van der Waals surface area contributed by atoms with Gasteiger partial charge >= 0.3 is 0 Å². The molecule has 1 aliphatic heterocycles. The number of nitrogens with zero attached hydrogens (tertiary/aromatic N) is 2. The third-order valence-corrected chi connectivity index (χ3v) is 4.40. The molecule has 3 aromatic rings. The second kappa shape index (κ2) is 6.73. The van der Waals surface area contributed by atoms with Gasteiger partial charge in [-0.15, -0.1) is 0 Å². The van der Waals surface area contributed by atoms with Gasteiger partial charge < -0.3 is 9.64 Å². The summed E-state index contributed by atoms with van der Waals surface area (Å²) in [6.07, 6.45) is 0. The van der Waals surface area contributed by atoms with Crippen LogP contribution in [0.3, 0.4) is 0 Å². The molecular weight excluding hydrogens is 324 g/mol. The van der Waals surface area contributed by atoms with Crippen molar-refractivity contribution in [2.75, 3.05) is 0 Å². The number of benzene rings is 3. The van der Waals surface area contributed by atoms with E-state index in [9.17, 15) is 4.79 Å². The zero-order chi connectivity index (χ0) is 17.9. The monoisotopic (exact) mass is 340 g/mol. The summed E-state index contributed by atoms with van der Waals surface area (Å²) in [7, 11) is 0. The maximum absolute atomic E-state index is 12.9. The number of hydrogen-bond donors (Lipinski definition) is 0. The highest BCUT2D eigenvalue weighted by molar-refractivity contribution is 6.01. The summed E-state index contributed by atoms with van der Waals surface area (Å²) in [5.41, 5.74) is 3.21. The van der Waals surface area contributed by atoms with Crippen molar-refractivity contribution in [3.8, 4) is 17.6 Å². The largest absolute Gasteiger partial charge is 0.457 e. The zero-order valence-electron chi connectivity index (χ0n) is 14.1. The van der Waals surface area contributed by atoms with Gasteiger partial charge in [-0.2, -0.15) is 5.26 Å². The Bertz CT molecular complexity index is 989. The maximum Gasteiger partial charge on any atom is 0.258 e. The maximum atomic E-state index is 12.9. The predicted octanol–water partition coefficient (Wildman–Crippen LogP) is 4.51. The molecule has 0 saturated carbocycles. The van der Waals surface area contributed by atoms with E-state index in [0.717, 1.165) is 11.1 Å². The van der Waals surface area contributed by atoms with Gasteiger partial charge in [0.25, 0.3) is 5.91 Å². The van der Waals surface area contributed by atoms with Crippen LogP contribution in [0.15, 0.2) is 72.8 Å². The van der Waals surface area contributed by atoms with E-state index in [-0.39, 0.29) is 5.91 Å². The Morgan fingerprint density at radius 1 is 0.962 bits per heavy atom. The summed E-state index contributed by atoms with van der Waals surface area (Å²) in [6, 6.07) is 24.6. The lowest BCUT2D eigenvalue weighted by Gasteiger charge is -2.16. The van der Waals surface area contributed by atoms with Gasteiger partial charge in [-0.3, -0.25) is 4.79 Å². The fraction of sp³-hybridized carbons (Fsp3) is 0.0909. The van der Waals surface area contributed by atoms with E-state index in [2.05, 4.69) is 6.07 Å². The molecule has 0 spiro atoms. The summed E-state index contributed by atoms with van der Waals surface area (Å²) >= 11 is 0. The standard InChI is InChI=1S/C22H16N2O2/c23-13-16-9-11-17(12-10-16)14-24-15-18-5-4-8-20(21(18)22(24)25)26-19-6-2-1-3-7-19/h1-12H,14-15H2. The van der Waals surface area contributed by atoms with Crippen molar-refractivity contribution in [3.63, 3.8) is 0 Å². The van der Waals surface area contributed by atoms with E-state index in [1.807, 2.05) is 60.7 Å². The van der Waals surface area contributed by atoms with E-state index in [1.165, 1.54) is 0 Å². The summed E-state index contributed by atoms with van der Waals surface area (Å²) in [4.78, 5) is 14.7. The first kappa shape index (κ1) is 15.9. The molecule has 0 saturated heterocycles. The highest BCUT2D eigenvalue weighted by Gasteiger charge is 2.30. The van der Waals surface area contributed by atoms with Gasteiger partial charge in [0, 0.05) is 13.1 Å². The fourth-order valence-electron chi connectivity index (χ4n) is 3.12. The second-order valence-corrected chi connectivity index (χ2v) is 6.18. The molecule has 1 heterocycles. The summed E-state index contributed by atoms with van der Waals surface area (Å²) < 4.78 is 5.94. The topological polar surface area (TPSA) is 53.3 Å². The van der Waals surface area contributed by atoms with E-state index >= 15 is 0 Å². The number of nitriles is 1. The van der Waals surface area contributed by atoms with Crippen LogP contribution in [0.25, 0.3) is 0 Å². The second-order valence-electron chi connectivity index (χ2n) is 6.18. The molecule has 0 N–H and O–H groups in total. The average molecular weight is 340 g/mol. The third-order valence-electron chi connectivity index (χ3n) is 4.40. The molecule has 0 aliphatic carbocycles. The lowest BCUT2D eigenvalue weighted by molar-refractivity contribution is 0.0765. The minimum atomic E-state index is -0.0316. The normalized spacial score (nSPS) is 12.6. The van der Waals surface area contributed by atoms with Crippen molar-refractivity contribution in [1.29, 1.82) is 5.26 Å². The molecule has 1 amide bonds. The number of carbonyl (C=O) groups is 1. The number of para-hydroxylation sites is 1. The molecule has 0 aromatic heterocycles. The Morgan fingerprint density at radius 3 is 2.46 bits per heavy atom. The molecule has 0 atom stereocenters. The summed E-state index contributed by atoms with van der Waals surface area (Å²) in [5.74, 6) is 1.26. The number of carbonyl (C=O) groups excluding carboxylic acids is 1. The average Bonchev–Trinajstić information content (AvgIpc) is 3.00. The number of hydrogen-bond acceptors (Lipinski definition) is 3. The van der Waals surface area contributed by atoms with Crippen molar-refractivity contribution in [3.05, 3.63) is 95.1 Å². The van der Waals surface area contributed by atoms with Crippen molar-refractivity contribution in [1.82, 2.24) is 4.90 Å². The number of ether oxygens (including phenoxy) is 1. The first-order chi connectivity index (χ1) is 12.7. The molecule has 4 heteroatoms. The van der Waals surface area contributed by atoms with Crippen LogP contribution < -0.4 is 4.74 Å². The number of fused-ring (bicyclic) bond motifs is 1. The van der Waals surface area contributed by atoms with Crippen molar-refractivity contribution >= 4 is 5.91 Å². The number of rotatable bonds is 4. The predicted molar refractivity (Wildman–Crippen MR) is 97.7 cm³/mol. The molecule has 0 unspecified atom stereocenters. The van der Waals surface area contributed by atoms with Crippen molar-refractivity contribution < 1.29 is 9.53 Å². The van der Waals surface area contributed by atoms with Crippen molar-refractivity contribution in [2.45, 2.75) is 13.1 Å². The van der Waals surface area contributed by atoms with Crippen LogP contribution in [0.4, 0.5) is 0 Å². The Hall–Kier alpha value is -3.58.